The number of ketones is 1. The van der Waals surface area contributed by atoms with Crippen molar-refractivity contribution in [1.82, 2.24) is 14.9 Å². The Hall–Kier alpha value is -4.28. The molecule has 1 N–H and O–H groups in total. The van der Waals surface area contributed by atoms with E-state index in [1.165, 1.54) is 0 Å². The van der Waals surface area contributed by atoms with Gasteiger partial charge in [0.05, 0.1) is 19.4 Å². The van der Waals surface area contributed by atoms with E-state index in [1.807, 2.05) is 53.2 Å². The number of nitrogens with zero attached hydrogens (tertiary/aromatic N) is 2. The van der Waals surface area contributed by atoms with Crippen LogP contribution in [0.1, 0.15) is 56.4 Å². The highest BCUT2D eigenvalue weighted by Crippen LogP contribution is 2.38. The number of rotatable bonds is 10. The van der Waals surface area contributed by atoms with Crippen LogP contribution in [0.15, 0.2) is 90.3 Å². The van der Waals surface area contributed by atoms with Crippen molar-refractivity contribution in [3.8, 4) is 18.1 Å². The summed E-state index contributed by atoms with van der Waals surface area (Å²) in [5.74, 6) is 3.83. The van der Waals surface area contributed by atoms with Crippen LogP contribution in [0.25, 0.3) is 0 Å². The maximum Gasteiger partial charge on any atom is 0.252 e. The average molecular weight is 536 g/mol. The van der Waals surface area contributed by atoms with Crippen LogP contribution in [-0.2, 0) is 18.7 Å². The van der Waals surface area contributed by atoms with Crippen LogP contribution in [0.5, 0.6) is 5.75 Å². The summed E-state index contributed by atoms with van der Waals surface area (Å²) in [6.45, 7) is 0.802. The summed E-state index contributed by atoms with van der Waals surface area (Å²) in [4.78, 5) is 30.2. The van der Waals surface area contributed by atoms with Crippen molar-refractivity contribution in [2.75, 3.05) is 6.54 Å². The summed E-state index contributed by atoms with van der Waals surface area (Å²) in [5, 5.41) is 2.68. The Kier molecular flexibility index (Phi) is 8.45. The number of nitrogens with one attached hydrogen (secondary N) is 1. The van der Waals surface area contributed by atoms with Crippen molar-refractivity contribution in [1.29, 1.82) is 0 Å². The highest BCUT2D eigenvalue weighted by atomic mass is 32.2. The van der Waals surface area contributed by atoms with E-state index in [4.69, 9.17) is 11.2 Å². The monoisotopic (exact) mass is 535 g/mol. The van der Waals surface area contributed by atoms with E-state index in [1.54, 1.807) is 36.4 Å². The SMILES string of the molecule is C#CCNC(=O)c1ccc(SCc2c(O[C@H](Cn3ccnc3)c3ccccc3)ccc3c2CCCC3=O)cc1. The van der Waals surface area contributed by atoms with Gasteiger partial charge in [0.1, 0.15) is 11.9 Å². The summed E-state index contributed by atoms with van der Waals surface area (Å²) >= 11 is 1.66. The molecule has 1 atom stereocenters. The third-order valence-electron chi connectivity index (χ3n) is 6.75. The number of aromatic nitrogens is 2. The first-order valence-corrected chi connectivity index (χ1v) is 13.9. The van der Waals surface area contributed by atoms with Gasteiger partial charge in [-0.15, -0.1) is 18.2 Å². The predicted octanol–water partition coefficient (Wildman–Crippen LogP) is 5.88. The molecular weight excluding hydrogens is 506 g/mol. The molecule has 3 aromatic carbocycles. The third-order valence-corrected chi connectivity index (χ3v) is 7.78. The van der Waals surface area contributed by atoms with Crippen molar-refractivity contribution in [3.05, 3.63) is 113 Å². The lowest BCUT2D eigenvalue weighted by Gasteiger charge is -2.25. The van der Waals surface area contributed by atoms with Gasteiger partial charge in [0.15, 0.2) is 5.78 Å². The van der Waals surface area contributed by atoms with Crippen LogP contribution in [0.3, 0.4) is 0 Å². The average Bonchev–Trinajstić information content (AvgIpc) is 3.49. The van der Waals surface area contributed by atoms with E-state index in [9.17, 15) is 9.59 Å². The second-order valence-corrected chi connectivity index (χ2v) is 10.4. The van der Waals surface area contributed by atoms with Gasteiger partial charge in [0, 0.05) is 46.2 Å². The summed E-state index contributed by atoms with van der Waals surface area (Å²) in [6.07, 6.45) is 12.7. The smallest absolute Gasteiger partial charge is 0.252 e. The van der Waals surface area contributed by atoms with Gasteiger partial charge in [0.2, 0.25) is 0 Å². The van der Waals surface area contributed by atoms with Gasteiger partial charge in [-0.1, -0.05) is 36.3 Å². The Morgan fingerprint density at radius 1 is 1.10 bits per heavy atom. The first-order chi connectivity index (χ1) is 19.1. The second-order valence-electron chi connectivity index (χ2n) is 9.32. The van der Waals surface area contributed by atoms with Gasteiger partial charge < -0.3 is 14.6 Å². The maximum absolute atomic E-state index is 12.7. The molecular formula is C32H29N3O3S. The molecule has 1 aromatic heterocycles. The number of benzene rings is 3. The number of fused-ring (bicyclic) bond motifs is 1. The van der Waals surface area contributed by atoms with Gasteiger partial charge in [0.25, 0.3) is 5.91 Å². The quantitative estimate of drug-likeness (QED) is 0.203. The number of imidazole rings is 1. The van der Waals surface area contributed by atoms with E-state index in [0.717, 1.165) is 45.7 Å². The summed E-state index contributed by atoms with van der Waals surface area (Å²) < 4.78 is 8.75. The van der Waals surface area contributed by atoms with Crippen LogP contribution in [0, 0.1) is 12.3 Å². The Labute approximate surface area is 232 Å². The van der Waals surface area contributed by atoms with E-state index in [-0.39, 0.29) is 24.3 Å². The maximum atomic E-state index is 12.7. The number of carbonyl (C=O) groups is 2. The topological polar surface area (TPSA) is 73.2 Å². The second kappa shape index (κ2) is 12.5. The van der Waals surface area contributed by atoms with Crippen molar-refractivity contribution < 1.29 is 14.3 Å². The van der Waals surface area contributed by atoms with Crippen LogP contribution in [0.4, 0.5) is 0 Å². The molecule has 1 amide bonds. The fourth-order valence-corrected chi connectivity index (χ4v) is 5.71. The zero-order valence-corrected chi connectivity index (χ0v) is 22.3. The Balaban J connectivity index is 1.42. The molecule has 1 aliphatic carbocycles. The molecule has 0 radical (unpaired) electrons. The van der Waals surface area contributed by atoms with Gasteiger partial charge in [-0.25, -0.2) is 4.98 Å². The molecule has 0 bridgehead atoms. The number of amides is 1. The lowest BCUT2D eigenvalue weighted by atomic mass is 9.87. The first kappa shape index (κ1) is 26.3. The Morgan fingerprint density at radius 2 is 1.92 bits per heavy atom. The third kappa shape index (κ3) is 6.42. The van der Waals surface area contributed by atoms with Gasteiger partial charge >= 0.3 is 0 Å². The fraction of sp³-hybridized carbons (Fsp3) is 0.219. The number of ether oxygens (including phenoxy) is 1. The van der Waals surface area contributed by atoms with Crippen molar-refractivity contribution >= 4 is 23.5 Å². The normalized spacial score (nSPS) is 13.3. The standard InChI is InChI=1S/C32H29N3O3S/c1-2-17-34-32(37)24-11-13-25(14-12-24)39-21-28-26-9-6-10-29(36)27(26)15-16-30(28)38-31(20-35-19-18-33-22-35)23-7-4-3-5-8-23/h1,3-5,7-8,11-16,18-19,22,31H,6,9-10,17,20-21H2,(H,34,37)/t31-/m1/s1. The lowest BCUT2D eigenvalue weighted by Crippen LogP contribution is -2.23. The zero-order valence-electron chi connectivity index (χ0n) is 21.5. The Morgan fingerprint density at radius 3 is 2.67 bits per heavy atom. The highest BCUT2D eigenvalue weighted by Gasteiger charge is 2.24. The summed E-state index contributed by atoms with van der Waals surface area (Å²) in [6, 6.07) is 21.5. The van der Waals surface area contributed by atoms with Crippen molar-refractivity contribution in [2.45, 2.75) is 42.6 Å². The minimum atomic E-state index is -0.234. The Bertz CT molecular complexity index is 1480. The van der Waals surface area contributed by atoms with Crippen molar-refractivity contribution in [3.63, 3.8) is 0 Å². The molecule has 0 spiro atoms. The van der Waals surface area contributed by atoms with Crippen LogP contribution >= 0.6 is 11.8 Å². The lowest BCUT2D eigenvalue weighted by molar-refractivity contribution is 0.0954. The molecule has 0 saturated carbocycles. The van der Waals surface area contributed by atoms with Crippen molar-refractivity contribution in [2.24, 2.45) is 0 Å². The fourth-order valence-electron chi connectivity index (χ4n) is 4.76. The number of carbonyl (C=O) groups excluding carboxylic acids is 2. The predicted molar refractivity (Wildman–Crippen MR) is 153 cm³/mol. The molecule has 7 heteroatoms. The molecule has 39 heavy (non-hydrogen) atoms. The summed E-state index contributed by atoms with van der Waals surface area (Å²) in [5.41, 5.74) is 4.56. The molecule has 0 saturated heterocycles. The first-order valence-electron chi connectivity index (χ1n) is 12.9. The van der Waals surface area contributed by atoms with E-state index < -0.39 is 0 Å². The molecule has 0 fully saturated rings. The number of hydrogen-bond acceptors (Lipinski definition) is 5. The van der Waals surface area contributed by atoms with Gasteiger partial charge in [-0.3, -0.25) is 9.59 Å². The molecule has 6 nitrogen and oxygen atoms in total. The molecule has 5 rings (SSSR count). The number of Topliss-reactive ketones (excluding diaryl/α,β-unsaturated/α-hetero) is 1. The van der Waals surface area contributed by atoms with Gasteiger partial charge in [-0.05, 0) is 60.4 Å². The van der Waals surface area contributed by atoms with E-state index in [0.29, 0.717) is 24.3 Å². The molecule has 1 aliphatic rings. The van der Waals surface area contributed by atoms with E-state index >= 15 is 0 Å². The highest BCUT2D eigenvalue weighted by molar-refractivity contribution is 7.98. The van der Waals surface area contributed by atoms with Gasteiger partial charge in [-0.2, -0.15) is 0 Å². The van der Waals surface area contributed by atoms with E-state index in [2.05, 4.69) is 28.4 Å². The molecule has 0 aliphatic heterocycles. The largest absolute Gasteiger partial charge is 0.484 e. The minimum absolute atomic E-state index is 0.189. The summed E-state index contributed by atoms with van der Waals surface area (Å²) in [7, 11) is 0. The zero-order chi connectivity index (χ0) is 27.0. The molecule has 4 aromatic rings. The molecule has 0 unspecified atom stereocenters. The molecule has 196 valence electrons. The number of thioether (sulfide) groups is 1. The minimum Gasteiger partial charge on any atom is -0.484 e. The van der Waals surface area contributed by atoms with Crippen LogP contribution < -0.4 is 10.1 Å². The molecule has 1 heterocycles. The van der Waals surface area contributed by atoms with Crippen LogP contribution in [0.2, 0.25) is 0 Å². The number of hydrogen-bond donors (Lipinski definition) is 1. The number of terminal acetylenes is 1. The van der Waals surface area contributed by atoms with Crippen LogP contribution in [-0.4, -0.2) is 27.8 Å².